The highest BCUT2D eigenvalue weighted by molar-refractivity contribution is 5.91. The van der Waals surface area contributed by atoms with E-state index in [0.717, 1.165) is 12.1 Å². The van der Waals surface area contributed by atoms with Gasteiger partial charge in [0.05, 0.1) is 12.7 Å². The number of hydrogen-bond acceptors (Lipinski definition) is 4. The third-order valence-corrected chi connectivity index (χ3v) is 3.08. The van der Waals surface area contributed by atoms with Gasteiger partial charge < -0.3 is 10.6 Å². The summed E-state index contributed by atoms with van der Waals surface area (Å²) in [4.78, 5) is 12.0. The number of benzene rings is 1. The second kappa shape index (κ2) is 7.54. The number of hydrogen-bond donors (Lipinski definition) is 2. The molecule has 2 N–H and O–H groups in total. The molecule has 2 rings (SSSR count). The Morgan fingerprint density at radius 3 is 2.81 bits per heavy atom. The summed E-state index contributed by atoms with van der Waals surface area (Å²) >= 11 is 0. The van der Waals surface area contributed by atoms with E-state index in [1.54, 1.807) is 10.9 Å². The van der Waals surface area contributed by atoms with Gasteiger partial charge in [-0.25, -0.2) is 4.68 Å². The maximum absolute atomic E-state index is 12.0. The predicted octanol–water partition coefficient (Wildman–Crippen LogP) is 1.05. The molecule has 0 unspecified atom stereocenters. The van der Waals surface area contributed by atoms with Crippen LogP contribution in [0.4, 0.5) is 0 Å². The third-order valence-electron chi connectivity index (χ3n) is 3.08. The van der Waals surface area contributed by atoms with Gasteiger partial charge in [0.1, 0.15) is 0 Å². The molecule has 0 bridgehead atoms. The molecule has 1 atom stereocenters. The first-order chi connectivity index (χ1) is 10.2. The Morgan fingerprint density at radius 1 is 1.33 bits per heavy atom. The summed E-state index contributed by atoms with van der Waals surface area (Å²) in [5.74, 6) is -0.195. The molecule has 6 heteroatoms. The molecule has 2 aromatic rings. The number of nitrogens with zero attached hydrogens (tertiary/aromatic N) is 3. The first-order valence-corrected chi connectivity index (χ1v) is 7.14. The predicted molar refractivity (Wildman–Crippen MR) is 81.0 cm³/mol. The van der Waals surface area contributed by atoms with Crippen LogP contribution in [-0.2, 0) is 6.54 Å². The van der Waals surface area contributed by atoms with Gasteiger partial charge in [0.25, 0.3) is 5.91 Å². The van der Waals surface area contributed by atoms with Crippen LogP contribution in [0.3, 0.4) is 0 Å². The van der Waals surface area contributed by atoms with E-state index in [2.05, 4.69) is 20.9 Å². The van der Waals surface area contributed by atoms with E-state index in [9.17, 15) is 4.79 Å². The lowest BCUT2D eigenvalue weighted by Gasteiger charge is -2.12. The number of nitrogens with one attached hydrogen (secondary N) is 2. The Morgan fingerprint density at radius 2 is 2.10 bits per heavy atom. The number of carbonyl (C=O) groups excluding carboxylic acids is 1. The Bertz CT molecular complexity index is 566. The van der Waals surface area contributed by atoms with Crippen LogP contribution < -0.4 is 10.6 Å². The first-order valence-electron chi connectivity index (χ1n) is 7.14. The zero-order chi connectivity index (χ0) is 15.1. The van der Waals surface area contributed by atoms with Crippen LogP contribution in [0.2, 0.25) is 0 Å². The van der Waals surface area contributed by atoms with Gasteiger partial charge in [-0.2, -0.15) is 0 Å². The van der Waals surface area contributed by atoms with Crippen LogP contribution in [0.25, 0.3) is 0 Å². The molecule has 0 radical (unpaired) electrons. The molecule has 1 heterocycles. The molecule has 1 amide bonds. The van der Waals surface area contributed by atoms with Crippen LogP contribution in [0, 0.1) is 0 Å². The van der Waals surface area contributed by atoms with Crippen LogP contribution in [-0.4, -0.2) is 40.0 Å². The molecule has 0 aliphatic rings. The highest BCUT2D eigenvalue weighted by Crippen LogP contribution is 2.02. The lowest BCUT2D eigenvalue weighted by atomic mass is 10.2. The molecule has 1 aromatic carbocycles. The summed E-state index contributed by atoms with van der Waals surface area (Å²) in [5, 5.41) is 14.0. The van der Waals surface area contributed by atoms with Crippen LogP contribution in [0.5, 0.6) is 0 Å². The summed E-state index contributed by atoms with van der Waals surface area (Å²) in [6.45, 7) is 6.11. The van der Waals surface area contributed by atoms with Crippen molar-refractivity contribution in [3.63, 3.8) is 0 Å². The molecule has 6 nitrogen and oxygen atoms in total. The lowest BCUT2D eigenvalue weighted by Crippen LogP contribution is -2.38. The summed E-state index contributed by atoms with van der Waals surface area (Å²) in [6.07, 6.45) is 1.67. The minimum absolute atomic E-state index is 0.195. The largest absolute Gasteiger partial charge is 0.349 e. The van der Waals surface area contributed by atoms with E-state index in [1.165, 1.54) is 0 Å². The molecule has 0 aliphatic carbocycles. The van der Waals surface area contributed by atoms with Gasteiger partial charge in [0.2, 0.25) is 0 Å². The maximum Gasteiger partial charge on any atom is 0.273 e. The first kappa shape index (κ1) is 15.2. The second-order valence-electron chi connectivity index (χ2n) is 4.96. The quantitative estimate of drug-likeness (QED) is 0.798. The van der Waals surface area contributed by atoms with Gasteiger partial charge >= 0.3 is 0 Å². The molecule has 1 aromatic heterocycles. The average molecular weight is 287 g/mol. The summed E-state index contributed by atoms with van der Waals surface area (Å²) in [7, 11) is 0. The van der Waals surface area contributed by atoms with Crippen molar-refractivity contribution in [2.75, 3.05) is 13.1 Å². The van der Waals surface area contributed by atoms with Crippen LogP contribution in [0.15, 0.2) is 36.5 Å². The van der Waals surface area contributed by atoms with Gasteiger partial charge in [-0.1, -0.05) is 42.5 Å². The SMILES string of the molecule is CCN[C@H](C)CNC(=O)c1cn(Cc2ccccc2)nn1. The number of carbonyl (C=O) groups is 1. The molecule has 0 spiro atoms. The summed E-state index contributed by atoms with van der Waals surface area (Å²) in [5.41, 5.74) is 1.46. The molecular weight excluding hydrogens is 266 g/mol. The maximum atomic E-state index is 12.0. The standard InChI is InChI=1S/C15H21N5O/c1-3-16-12(2)9-17-15(21)14-11-20(19-18-14)10-13-7-5-4-6-8-13/h4-8,11-12,16H,3,9-10H2,1-2H3,(H,17,21)/t12-/m1/s1. The Labute approximate surface area is 124 Å². The molecule has 21 heavy (non-hydrogen) atoms. The minimum atomic E-state index is -0.195. The van der Waals surface area contributed by atoms with Gasteiger partial charge in [0.15, 0.2) is 5.69 Å². The van der Waals surface area contributed by atoms with Gasteiger partial charge in [-0.3, -0.25) is 4.79 Å². The van der Waals surface area contributed by atoms with Gasteiger partial charge in [-0.15, -0.1) is 5.10 Å². The average Bonchev–Trinajstić information content (AvgIpc) is 2.95. The highest BCUT2D eigenvalue weighted by Gasteiger charge is 2.11. The Balaban J connectivity index is 1.89. The molecule has 0 saturated heterocycles. The normalized spacial score (nSPS) is 12.1. The lowest BCUT2D eigenvalue weighted by molar-refractivity contribution is 0.0945. The van der Waals surface area contributed by atoms with E-state index >= 15 is 0 Å². The molecule has 0 fully saturated rings. The van der Waals surface area contributed by atoms with Crippen molar-refractivity contribution in [3.05, 3.63) is 47.8 Å². The van der Waals surface area contributed by atoms with Crippen molar-refractivity contribution in [3.8, 4) is 0 Å². The van der Waals surface area contributed by atoms with E-state index in [4.69, 9.17) is 0 Å². The van der Waals surface area contributed by atoms with Gasteiger partial charge in [0, 0.05) is 12.6 Å². The summed E-state index contributed by atoms with van der Waals surface area (Å²) < 4.78 is 1.66. The van der Waals surface area contributed by atoms with Crippen molar-refractivity contribution in [1.29, 1.82) is 0 Å². The van der Waals surface area contributed by atoms with E-state index in [0.29, 0.717) is 18.8 Å². The topological polar surface area (TPSA) is 71.8 Å². The van der Waals surface area contributed by atoms with Crippen molar-refractivity contribution in [1.82, 2.24) is 25.6 Å². The third kappa shape index (κ3) is 4.68. The minimum Gasteiger partial charge on any atom is -0.349 e. The van der Waals surface area contributed by atoms with Crippen LogP contribution >= 0.6 is 0 Å². The molecule has 112 valence electrons. The molecular formula is C15H21N5O. The van der Waals surface area contributed by atoms with Crippen molar-refractivity contribution >= 4 is 5.91 Å². The van der Waals surface area contributed by atoms with Gasteiger partial charge in [-0.05, 0) is 19.0 Å². The van der Waals surface area contributed by atoms with Crippen molar-refractivity contribution < 1.29 is 4.79 Å². The number of amides is 1. The molecule has 0 aliphatic heterocycles. The zero-order valence-corrected chi connectivity index (χ0v) is 12.4. The summed E-state index contributed by atoms with van der Waals surface area (Å²) in [6, 6.07) is 10.2. The van der Waals surface area contributed by atoms with E-state index < -0.39 is 0 Å². The second-order valence-corrected chi connectivity index (χ2v) is 4.96. The van der Waals surface area contributed by atoms with Crippen LogP contribution in [0.1, 0.15) is 29.9 Å². The zero-order valence-electron chi connectivity index (χ0n) is 12.4. The smallest absolute Gasteiger partial charge is 0.273 e. The van der Waals surface area contributed by atoms with E-state index in [-0.39, 0.29) is 11.9 Å². The van der Waals surface area contributed by atoms with Crippen molar-refractivity contribution in [2.45, 2.75) is 26.4 Å². The van der Waals surface area contributed by atoms with Crippen molar-refractivity contribution in [2.24, 2.45) is 0 Å². The monoisotopic (exact) mass is 287 g/mol. The number of rotatable bonds is 7. The number of aromatic nitrogens is 3. The molecule has 0 saturated carbocycles. The van der Waals surface area contributed by atoms with E-state index in [1.807, 2.05) is 44.2 Å². The highest BCUT2D eigenvalue weighted by atomic mass is 16.2. The fraction of sp³-hybridized carbons (Fsp3) is 0.400. The Kier molecular flexibility index (Phi) is 5.45. The fourth-order valence-corrected chi connectivity index (χ4v) is 2.01. The fourth-order valence-electron chi connectivity index (χ4n) is 2.01. The number of likely N-dealkylation sites (N-methyl/N-ethyl adjacent to an activating group) is 1. The Hall–Kier alpha value is -2.21.